The highest BCUT2D eigenvalue weighted by molar-refractivity contribution is 5.81. The molecule has 1 aromatic carbocycles. The number of hydrogen-bond acceptors (Lipinski definition) is 4. The fourth-order valence-corrected chi connectivity index (χ4v) is 3.23. The number of carbonyl (C=O) groups is 2. The lowest BCUT2D eigenvalue weighted by Crippen LogP contribution is -2.30. The summed E-state index contributed by atoms with van der Waals surface area (Å²) >= 11 is 0. The summed E-state index contributed by atoms with van der Waals surface area (Å²) in [5, 5.41) is 2.97. The molecule has 180 valence electrons. The molecule has 0 spiro atoms. The zero-order valence-corrected chi connectivity index (χ0v) is 19.9. The van der Waals surface area contributed by atoms with E-state index in [1.165, 1.54) is 43.5 Å². The molecule has 1 N–H and O–H groups in total. The first-order chi connectivity index (χ1) is 14.9. The van der Waals surface area contributed by atoms with Gasteiger partial charge in [0.1, 0.15) is 6.61 Å². The quantitative estimate of drug-likeness (QED) is 0.576. The van der Waals surface area contributed by atoms with Crippen LogP contribution in [0.15, 0.2) is 47.6 Å². The third-order valence-corrected chi connectivity index (χ3v) is 5.23. The number of benzene rings is 1. The van der Waals surface area contributed by atoms with Crippen molar-refractivity contribution in [2.75, 3.05) is 20.1 Å². The van der Waals surface area contributed by atoms with Crippen LogP contribution in [0.25, 0.3) is 0 Å². The number of nitrogens with zero attached hydrogens (tertiary/aromatic N) is 1. The van der Waals surface area contributed by atoms with Gasteiger partial charge < -0.3 is 15.0 Å². The Balaban J connectivity index is 0.000000806. The molecule has 32 heavy (non-hydrogen) atoms. The number of rotatable bonds is 6. The summed E-state index contributed by atoms with van der Waals surface area (Å²) in [4.78, 5) is 24.7. The molecule has 1 atom stereocenters. The van der Waals surface area contributed by atoms with Gasteiger partial charge in [-0.2, -0.15) is 0 Å². The van der Waals surface area contributed by atoms with E-state index in [0.717, 1.165) is 17.5 Å². The Morgan fingerprint density at radius 3 is 2.12 bits per heavy atom. The maximum absolute atomic E-state index is 12.2. The number of carbonyl (C=O) groups excluding carboxylic acids is 2. The standard InChI is InChI=1S/C18H21NO3.C5H11N.C3H8.CH4/c1-13-3-8-17(9-14(13)2)18(21)19-10-15-4-6-16(7-5-15)11-22-12-20;1-6-4-2-3-5-6;1-3-2;/h3-7,9,12,17H,8,10-11H2,1-2H3,(H,19,21);2-5H2,1H3;3H2,1-2H3;1H4. The van der Waals surface area contributed by atoms with Crippen LogP contribution < -0.4 is 5.32 Å². The molecule has 1 amide bonds. The first kappa shape index (κ1) is 29.6. The number of amides is 1. The highest BCUT2D eigenvalue weighted by atomic mass is 16.5. The third-order valence-electron chi connectivity index (χ3n) is 5.23. The van der Waals surface area contributed by atoms with Gasteiger partial charge >= 0.3 is 0 Å². The number of nitrogens with one attached hydrogen (secondary N) is 1. The monoisotopic (exact) mass is 444 g/mol. The van der Waals surface area contributed by atoms with E-state index in [1.54, 1.807) is 0 Å². The molecule has 5 nitrogen and oxygen atoms in total. The average molecular weight is 445 g/mol. The minimum atomic E-state index is -0.0797. The summed E-state index contributed by atoms with van der Waals surface area (Å²) < 4.78 is 4.69. The summed E-state index contributed by atoms with van der Waals surface area (Å²) in [5.41, 5.74) is 4.36. The molecule has 0 aromatic heterocycles. The molecule has 3 rings (SSSR count). The summed E-state index contributed by atoms with van der Waals surface area (Å²) in [6, 6.07) is 7.63. The van der Waals surface area contributed by atoms with E-state index in [1.807, 2.05) is 37.3 Å². The molecular formula is C27H44N2O3. The topological polar surface area (TPSA) is 58.6 Å². The fourth-order valence-electron chi connectivity index (χ4n) is 3.23. The van der Waals surface area contributed by atoms with Crippen LogP contribution >= 0.6 is 0 Å². The van der Waals surface area contributed by atoms with Gasteiger partial charge in [0.15, 0.2) is 0 Å². The molecular weight excluding hydrogens is 400 g/mol. The first-order valence-corrected chi connectivity index (χ1v) is 11.4. The largest absolute Gasteiger partial charge is 0.463 e. The van der Waals surface area contributed by atoms with Gasteiger partial charge in [0, 0.05) is 6.54 Å². The second-order valence-electron chi connectivity index (χ2n) is 8.24. The van der Waals surface area contributed by atoms with Gasteiger partial charge in [-0.25, -0.2) is 0 Å². The van der Waals surface area contributed by atoms with Crippen molar-refractivity contribution in [2.45, 2.75) is 74.0 Å². The second kappa shape index (κ2) is 17.2. The Morgan fingerprint density at radius 2 is 1.66 bits per heavy atom. The lowest BCUT2D eigenvalue weighted by molar-refractivity contribution is -0.129. The smallest absolute Gasteiger partial charge is 0.293 e. The summed E-state index contributed by atoms with van der Waals surface area (Å²) in [7, 11) is 2.17. The van der Waals surface area contributed by atoms with Crippen LogP contribution in [-0.4, -0.2) is 37.4 Å². The Morgan fingerprint density at radius 1 is 1.09 bits per heavy atom. The molecule has 2 aliphatic rings. The lowest BCUT2D eigenvalue weighted by Gasteiger charge is -2.18. The first-order valence-electron chi connectivity index (χ1n) is 11.4. The normalized spacial score (nSPS) is 17.2. The Labute approximate surface area is 195 Å². The third kappa shape index (κ3) is 11.8. The molecule has 1 fully saturated rings. The van der Waals surface area contributed by atoms with E-state index in [-0.39, 0.29) is 25.9 Å². The van der Waals surface area contributed by atoms with Crippen molar-refractivity contribution in [1.82, 2.24) is 10.2 Å². The molecule has 1 aromatic rings. The lowest BCUT2D eigenvalue weighted by atomic mass is 9.91. The summed E-state index contributed by atoms with van der Waals surface area (Å²) in [6.07, 6.45) is 8.98. The Kier molecular flexibility index (Phi) is 15.9. The predicted octanol–water partition coefficient (Wildman–Crippen LogP) is 5.65. The second-order valence-corrected chi connectivity index (χ2v) is 8.24. The Bertz CT molecular complexity index is 717. The SMILES string of the molecule is C.CC1=CCC(C(=O)NCc2ccc(COC=O)cc2)C=C1C.CCC.CN1CCCC1. The molecule has 1 aliphatic carbocycles. The van der Waals surface area contributed by atoms with Gasteiger partial charge in [0.05, 0.1) is 5.92 Å². The molecule has 1 unspecified atom stereocenters. The number of ether oxygens (including phenoxy) is 1. The van der Waals surface area contributed by atoms with Gasteiger partial charge in [-0.15, -0.1) is 0 Å². The van der Waals surface area contributed by atoms with Crippen LogP contribution in [0.5, 0.6) is 0 Å². The molecule has 0 saturated carbocycles. The Hall–Kier alpha value is -2.40. The number of allylic oxidation sites excluding steroid dienone is 3. The van der Waals surface area contributed by atoms with Crippen molar-refractivity contribution >= 4 is 12.4 Å². The van der Waals surface area contributed by atoms with Crippen LogP contribution in [0.3, 0.4) is 0 Å². The highest BCUT2D eigenvalue weighted by Crippen LogP contribution is 2.22. The molecule has 5 heteroatoms. The molecule has 1 heterocycles. The zero-order chi connectivity index (χ0) is 23.1. The zero-order valence-electron chi connectivity index (χ0n) is 19.9. The van der Waals surface area contributed by atoms with Gasteiger partial charge in [-0.3, -0.25) is 9.59 Å². The van der Waals surface area contributed by atoms with E-state index >= 15 is 0 Å². The van der Waals surface area contributed by atoms with E-state index in [4.69, 9.17) is 4.74 Å². The van der Waals surface area contributed by atoms with E-state index < -0.39 is 0 Å². The average Bonchev–Trinajstić information content (AvgIpc) is 3.25. The maximum Gasteiger partial charge on any atom is 0.293 e. The van der Waals surface area contributed by atoms with Crippen molar-refractivity contribution in [3.63, 3.8) is 0 Å². The van der Waals surface area contributed by atoms with Crippen LogP contribution in [0.1, 0.15) is 71.9 Å². The van der Waals surface area contributed by atoms with Crippen molar-refractivity contribution in [3.05, 3.63) is 58.7 Å². The maximum atomic E-state index is 12.2. The van der Waals surface area contributed by atoms with Gasteiger partial charge in [0.25, 0.3) is 6.47 Å². The van der Waals surface area contributed by atoms with Crippen molar-refractivity contribution in [1.29, 1.82) is 0 Å². The molecule has 0 bridgehead atoms. The van der Waals surface area contributed by atoms with Crippen LogP contribution in [0, 0.1) is 5.92 Å². The summed E-state index contributed by atoms with van der Waals surface area (Å²) in [6.45, 7) is 12.2. The molecule has 0 radical (unpaired) electrons. The summed E-state index contributed by atoms with van der Waals surface area (Å²) in [5.74, 6) is -0.0274. The van der Waals surface area contributed by atoms with Gasteiger partial charge in [0.2, 0.25) is 5.91 Å². The highest BCUT2D eigenvalue weighted by Gasteiger charge is 2.18. The number of likely N-dealkylation sites (tertiary alicyclic amines) is 1. The minimum Gasteiger partial charge on any atom is -0.463 e. The van der Waals surface area contributed by atoms with Gasteiger partial charge in [-0.05, 0) is 64.4 Å². The van der Waals surface area contributed by atoms with Crippen LogP contribution in [-0.2, 0) is 27.5 Å². The molecule has 1 aliphatic heterocycles. The minimum absolute atomic E-state index is 0. The van der Waals surface area contributed by atoms with Crippen molar-refractivity contribution < 1.29 is 14.3 Å². The fraction of sp³-hybridized carbons (Fsp3) is 0.556. The van der Waals surface area contributed by atoms with E-state index in [0.29, 0.717) is 13.0 Å². The van der Waals surface area contributed by atoms with E-state index in [9.17, 15) is 9.59 Å². The van der Waals surface area contributed by atoms with Crippen molar-refractivity contribution in [2.24, 2.45) is 5.92 Å². The van der Waals surface area contributed by atoms with Crippen LogP contribution in [0.4, 0.5) is 0 Å². The predicted molar refractivity (Wildman–Crippen MR) is 134 cm³/mol. The van der Waals surface area contributed by atoms with E-state index in [2.05, 4.69) is 44.1 Å². The van der Waals surface area contributed by atoms with Gasteiger partial charge in [-0.1, -0.05) is 75.3 Å². The van der Waals surface area contributed by atoms with Crippen molar-refractivity contribution in [3.8, 4) is 0 Å². The number of hydrogen-bond donors (Lipinski definition) is 1. The van der Waals surface area contributed by atoms with Crippen LogP contribution in [0.2, 0.25) is 0 Å². The molecule has 1 saturated heterocycles.